The maximum Gasteiger partial charge on any atom is 0.151 e. The molecule has 1 aliphatic heterocycles. The molecule has 0 fully saturated rings. The molecule has 4 heteroatoms. The lowest BCUT2D eigenvalue weighted by molar-refractivity contribution is -0.104. The van der Waals surface area contributed by atoms with Crippen LogP contribution in [0.3, 0.4) is 0 Å². The van der Waals surface area contributed by atoms with Crippen LogP contribution in [-0.2, 0) is 4.79 Å². The number of aliphatic hydroxyl groups excluding tert-OH is 1. The summed E-state index contributed by atoms with van der Waals surface area (Å²) in [5.41, 5.74) is 3.74. The Balaban J connectivity index is 1.82. The number of anilines is 3. The van der Waals surface area contributed by atoms with E-state index in [0.29, 0.717) is 17.4 Å². The quantitative estimate of drug-likeness (QED) is 0.292. The molecule has 0 amide bonds. The number of allylic oxidation sites excluding steroid dienone is 1. The van der Waals surface area contributed by atoms with E-state index in [-0.39, 0.29) is 5.76 Å². The van der Waals surface area contributed by atoms with Gasteiger partial charge < -0.3 is 14.7 Å². The zero-order valence-electron chi connectivity index (χ0n) is 14.2. The highest BCUT2D eigenvalue weighted by Crippen LogP contribution is 2.49. The average molecular weight is 343 g/mol. The van der Waals surface area contributed by atoms with E-state index in [1.54, 1.807) is 19.1 Å². The van der Waals surface area contributed by atoms with Crippen LogP contribution in [0, 0.1) is 0 Å². The molecule has 0 aliphatic carbocycles. The van der Waals surface area contributed by atoms with E-state index in [1.807, 2.05) is 60.7 Å². The van der Waals surface area contributed by atoms with E-state index in [0.717, 1.165) is 28.6 Å². The van der Waals surface area contributed by atoms with Gasteiger partial charge in [-0.05, 0) is 55.5 Å². The van der Waals surface area contributed by atoms with Crippen molar-refractivity contribution in [3.8, 4) is 11.5 Å². The lowest BCUT2D eigenvalue weighted by atomic mass is 10.1. The zero-order valence-corrected chi connectivity index (χ0v) is 14.2. The second-order valence-corrected chi connectivity index (χ2v) is 6.07. The summed E-state index contributed by atoms with van der Waals surface area (Å²) < 4.78 is 6.01. The van der Waals surface area contributed by atoms with Crippen LogP contribution in [0.25, 0.3) is 5.76 Å². The number of ether oxygens (including phenoxy) is 1. The molecule has 0 spiro atoms. The fraction of sp³-hybridized carbons (Fsp3) is 0.0455. The molecule has 0 bridgehead atoms. The van der Waals surface area contributed by atoms with Gasteiger partial charge in [0, 0.05) is 16.8 Å². The molecule has 0 atom stereocenters. The molecule has 1 N–H and O–H groups in total. The Labute approximate surface area is 151 Å². The highest BCUT2D eigenvalue weighted by molar-refractivity contribution is 5.87. The second kappa shape index (κ2) is 6.41. The summed E-state index contributed by atoms with van der Waals surface area (Å²) in [5.74, 6) is 1.57. The van der Waals surface area contributed by atoms with Crippen molar-refractivity contribution in [2.45, 2.75) is 6.92 Å². The van der Waals surface area contributed by atoms with Crippen LogP contribution < -0.4 is 9.64 Å². The summed E-state index contributed by atoms with van der Waals surface area (Å²) in [5, 5.41) is 10.1. The van der Waals surface area contributed by atoms with Gasteiger partial charge in [-0.3, -0.25) is 4.79 Å². The number of aliphatic hydroxyl groups is 1. The Bertz CT molecular complexity index is 960. The van der Waals surface area contributed by atoms with Crippen molar-refractivity contribution in [1.82, 2.24) is 0 Å². The predicted octanol–water partition coefficient (Wildman–Crippen LogP) is 5.75. The van der Waals surface area contributed by atoms with Gasteiger partial charge in [-0.25, -0.2) is 0 Å². The molecule has 1 heterocycles. The van der Waals surface area contributed by atoms with Gasteiger partial charge in [0.25, 0.3) is 0 Å². The highest BCUT2D eigenvalue weighted by atomic mass is 16.5. The number of nitrogens with zero attached hydrogens (tertiary/aromatic N) is 1. The van der Waals surface area contributed by atoms with Gasteiger partial charge in [-0.1, -0.05) is 24.3 Å². The molecule has 0 saturated carbocycles. The third kappa shape index (κ3) is 2.62. The Hall–Kier alpha value is -3.53. The highest BCUT2D eigenvalue weighted by Gasteiger charge is 2.25. The van der Waals surface area contributed by atoms with Gasteiger partial charge in [-0.15, -0.1) is 0 Å². The van der Waals surface area contributed by atoms with Crippen molar-refractivity contribution in [3.05, 3.63) is 83.9 Å². The van der Waals surface area contributed by atoms with Crippen molar-refractivity contribution < 1.29 is 14.6 Å². The van der Waals surface area contributed by atoms with Crippen LogP contribution in [-0.4, -0.2) is 11.4 Å². The summed E-state index contributed by atoms with van der Waals surface area (Å²) in [6, 6.07) is 23.2. The Morgan fingerprint density at radius 1 is 0.885 bits per heavy atom. The average Bonchev–Trinajstić information content (AvgIpc) is 2.71. The second-order valence-electron chi connectivity index (χ2n) is 6.07. The topological polar surface area (TPSA) is 49.8 Å². The lowest BCUT2D eigenvalue weighted by Crippen LogP contribution is -2.15. The van der Waals surface area contributed by atoms with Gasteiger partial charge >= 0.3 is 0 Å². The number of carbonyl (C=O) groups excluding carboxylic acids is 1. The minimum atomic E-state index is -0.00525. The van der Waals surface area contributed by atoms with Crippen molar-refractivity contribution >= 4 is 29.1 Å². The molecular weight excluding hydrogens is 326 g/mol. The molecule has 3 aromatic rings. The molecule has 0 aromatic heterocycles. The maximum absolute atomic E-state index is 10.9. The first-order valence-corrected chi connectivity index (χ1v) is 8.30. The van der Waals surface area contributed by atoms with Crippen LogP contribution in [0.2, 0.25) is 0 Å². The van der Waals surface area contributed by atoms with Crippen LogP contribution in [0.4, 0.5) is 17.1 Å². The number of para-hydroxylation sites is 4. The fourth-order valence-corrected chi connectivity index (χ4v) is 3.03. The van der Waals surface area contributed by atoms with Crippen molar-refractivity contribution in [2.24, 2.45) is 0 Å². The van der Waals surface area contributed by atoms with Gasteiger partial charge in [0.05, 0.1) is 11.4 Å². The first kappa shape index (κ1) is 16.0. The first-order valence-electron chi connectivity index (χ1n) is 8.30. The number of hydrogen-bond donors (Lipinski definition) is 1. The van der Waals surface area contributed by atoms with Gasteiger partial charge in [0.15, 0.2) is 11.5 Å². The SMILES string of the molecule is CC(C=O)=C(O)c1ccc(N2c3ccccc3Oc3ccccc32)cc1. The number of aldehydes is 1. The molecular formula is C22H17NO3. The first-order chi connectivity index (χ1) is 12.7. The number of fused-ring (bicyclic) bond motifs is 2. The Morgan fingerprint density at radius 3 is 1.96 bits per heavy atom. The van der Waals surface area contributed by atoms with Crippen molar-refractivity contribution in [3.63, 3.8) is 0 Å². The van der Waals surface area contributed by atoms with Crippen molar-refractivity contribution in [2.75, 3.05) is 4.90 Å². The minimum Gasteiger partial charge on any atom is -0.507 e. The zero-order chi connectivity index (χ0) is 18.1. The Kier molecular flexibility index (Phi) is 3.93. The van der Waals surface area contributed by atoms with E-state index in [1.165, 1.54) is 0 Å². The van der Waals surface area contributed by atoms with Gasteiger partial charge in [-0.2, -0.15) is 0 Å². The monoisotopic (exact) mass is 343 g/mol. The minimum absolute atomic E-state index is 0.00525. The van der Waals surface area contributed by atoms with Crippen molar-refractivity contribution in [1.29, 1.82) is 0 Å². The van der Waals surface area contributed by atoms with Crippen LogP contribution in [0.15, 0.2) is 78.4 Å². The molecule has 0 radical (unpaired) electrons. The molecule has 4 rings (SSSR count). The van der Waals surface area contributed by atoms with E-state index in [2.05, 4.69) is 4.90 Å². The molecule has 3 aromatic carbocycles. The normalized spacial score (nSPS) is 13.2. The number of rotatable bonds is 3. The van der Waals surface area contributed by atoms with Gasteiger partial charge in [0.2, 0.25) is 0 Å². The molecule has 4 nitrogen and oxygen atoms in total. The fourth-order valence-electron chi connectivity index (χ4n) is 3.03. The molecule has 128 valence electrons. The lowest BCUT2D eigenvalue weighted by Gasteiger charge is -2.32. The number of benzene rings is 3. The van der Waals surface area contributed by atoms with Crippen LogP contribution >= 0.6 is 0 Å². The predicted molar refractivity (Wildman–Crippen MR) is 102 cm³/mol. The van der Waals surface area contributed by atoms with Gasteiger partial charge in [0.1, 0.15) is 12.0 Å². The third-order valence-corrected chi connectivity index (χ3v) is 4.38. The summed E-state index contributed by atoms with van der Waals surface area (Å²) in [6.45, 7) is 1.59. The number of carbonyl (C=O) groups is 1. The number of hydrogen-bond acceptors (Lipinski definition) is 4. The summed E-state index contributed by atoms with van der Waals surface area (Å²) in [6.07, 6.45) is 0.651. The molecule has 0 unspecified atom stereocenters. The molecule has 1 aliphatic rings. The van der Waals surface area contributed by atoms with Crippen LogP contribution in [0.1, 0.15) is 12.5 Å². The van der Waals surface area contributed by atoms with Crippen LogP contribution in [0.5, 0.6) is 11.5 Å². The standard InChI is InChI=1S/C22H17NO3/c1-15(14-24)22(25)16-10-12-17(13-11-16)23-18-6-2-4-8-20(18)26-21-9-5-3-7-19(21)23/h2-14,25H,1H3. The van der Waals surface area contributed by atoms with E-state index in [4.69, 9.17) is 4.74 Å². The summed E-state index contributed by atoms with van der Waals surface area (Å²) in [7, 11) is 0. The van der Waals surface area contributed by atoms with E-state index >= 15 is 0 Å². The maximum atomic E-state index is 10.9. The Morgan fingerprint density at radius 2 is 1.42 bits per heavy atom. The smallest absolute Gasteiger partial charge is 0.151 e. The van der Waals surface area contributed by atoms with E-state index < -0.39 is 0 Å². The summed E-state index contributed by atoms with van der Waals surface area (Å²) in [4.78, 5) is 13.0. The third-order valence-electron chi connectivity index (χ3n) is 4.38. The molecule has 26 heavy (non-hydrogen) atoms. The van der Waals surface area contributed by atoms with E-state index in [9.17, 15) is 9.90 Å². The largest absolute Gasteiger partial charge is 0.507 e. The molecule has 0 saturated heterocycles. The summed E-state index contributed by atoms with van der Waals surface area (Å²) >= 11 is 0.